The molecule has 1 heterocycles. The summed E-state index contributed by atoms with van der Waals surface area (Å²) in [5, 5.41) is 3.17. The van der Waals surface area contributed by atoms with Gasteiger partial charge in [-0.25, -0.2) is 8.42 Å². The Morgan fingerprint density at radius 3 is 2.58 bits per heavy atom. The van der Waals surface area contributed by atoms with E-state index in [1.807, 2.05) is 27.8 Å². The van der Waals surface area contributed by atoms with E-state index in [0.717, 1.165) is 19.3 Å². The molecule has 0 radical (unpaired) electrons. The second-order valence-corrected chi connectivity index (χ2v) is 7.53. The minimum absolute atomic E-state index is 0.0720. The van der Waals surface area contributed by atoms with Crippen molar-refractivity contribution in [2.24, 2.45) is 0 Å². The molecule has 1 rings (SSSR count). The first-order valence-corrected chi connectivity index (χ1v) is 8.77. The van der Waals surface area contributed by atoms with Gasteiger partial charge in [0, 0.05) is 18.6 Å². The summed E-state index contributed by atoms with van der Waals surface area (Å²) in [6.45, 7) is 6.79. The highest BCUT2D eigenvalue weighted by molar-refractivity contribution is 7.89. The van der Waals surface area contributed by atoms with Crippen molar-refractivity contribution < 1.29 is 13.2 Å². The number of hydrogen-bond donors (Lipinski definition) is 1. The molecule has 1 aliphatic heterocycles. The number of nitrogens with one attached hydrogen (secondary N) is 1. The van der Waals surface area contributed by atoms with Gasteiger partial charge in [0.25, 0.3) is 0 Å². The van der Waals surface area contributed by atoms with Crippen LogP contribution in [0.1, 0.15) is 40.0 Å². The average molecular weight is 292 g/mol. The molecule has 2 atom stereocenters. The van der Waals surface area contributed by atoms with Crippen molar-refractivity contribution in [1.29, 1.82) is 0 Å². The summed E-state index contributed by atoms with van der Waals surface area (Å²) in [4.78, 5) is 0. The molecule has 0 aromatic carbocycles. The fourth-order valence-corrected chi connectivity index (χ4v) is 4.12. The molecule has 1 saturated heterocycles. The fourth-order valence-electron chi connectivity index (χ4n) is 2.47. The number of likely N-dealkylation sites (N-methyl/N-ethyl adjacent to an activating group) is 1. The molecule has 6 heteroatoms. The summed E-state index contributed by atoms with van der Waals surface area (Å²) in [6.07, 6.45) is 3.07. The van der Waals surface area contributed by atoms with E-state index in [0.29, 0.717) is 6.54 Å². The van der Waals surface area contributed by atoms with Crippen LogP contribution in [-0.4, -0.2) is 56.9 Å². The summed E-state index contributed by atoms with van der Waals surface area (Å²) < 4.78 is 31.9. The van der Waals surface area contributed by atoms with Gasteiger partial charge < -0.3 is 10.1 Å². The predicted octanol–water partition coefficient (Wildman–Crippen LogP) is 1.20. The highest BCUT2D eigenvalue weighted by Crippen LogP contribution is 2.23. The Hall–Kier alpha value is -0.170. The minimum atomic E-state index is -3.21. The topological polar surface area (TPSA) is 58.6 Å². The van der Waals surface area contributed by atoms with Gasteiger partial charge in [0.1, 0.15) is 0 Å². The average Bonchev–Trinajstić information content (AvgIpc) is 2.37. The number of sulfonamides is 1. The zero-order valence-electron chi connectivity index (χ0n) is 12.6. The zero-order valence-corrected chi connectivity index (χ0v) is 13.4. The maximum absolute atomic E-state index is 12.4. The largest absolute Gasteiger partial charge is 0.378 e. The highest BCUT2D eigenvalue weighted by atomic mass is 32.2. The molecular weight excluding hydrogens is 264 g/mol. The minimum Gasteiger partial charge on any atom is -0.378 e. The van der Waals surface area contributed by atoms with E-state index >= 15 is 0 Å². The Balaban J connectivity index is 2.67. The van der Waals surface area contributed by atoms with Gasteiger partial charge in [-0.2, -0.15) is 4.31 Å². The van der Waals surface area contributed by atoms with E-state index in [4.69, 9.17) is 4.74 Å². The summed E-state index contributed by atoms with van der Waals surface area (Å²) in [6, 6.07) is 0.254. The predicted molar refractivity (Wildman–Crippen MR) is 77.7 cm³/mol. The molecule has 1 fully saturated rings. The molecule has 0 bridgehead atoms. The van der Waals surface area contributed by atoms with E-state index < -0.39 is 10.0 Å². The third-order valence-corrected chi connectivity index (χ3v) is 5.53. The van der Waals surface area contributed by atoms with Crippen molar-refractivity contribution in [3.05, 3.63) is 0 Å². The Morgan fingerprint density at radius 2 is 2.00 bits per heavy atom. The van der Waals surface area contributed by atoms with E-state index in [2.05, 4.69) is 5.32 Å². The Labute approximate surface area is 117 Å². The lowest BCUT2D eigenvalue weighted by Crippen LogP contribution is -2.53. The van der Waals surface area contributed by atoms with Crippen molar-refractivity contribution in [3.63, 3.8) is 0 Å². The summed E-state index contributed by atoms with van der Waals surface area (Å²) >= 11 is 0. The molecule has 1 N–H and O–H groups in total. The van der Waals surface area contributed by atoms with Crippen molar-refractivity contribution in [2.45, 2.75) is 58.2 Å². The standard InChI is InChI=1S/C13H28N2O3S/c1-11(2)18-9-10-19(16,17)15-8-6-5-7-13(15)12(3)14-4/h11-14H,5-10H2,1-4H3. The number of nitrogens with zero attached hydrogens (tertiary/aromatic N) is 1. The van der Waals surface area contributed by atoms with Crippen LogP contribution in [-0.2, 0) is 14.8 Å². The zero-order chi connectivity index (χ0) is 14.5. The Bertz CT molecular complexity index is 357. The van der Waals surface area contributed by atoms with Crippen molar-refractivity contribution in [1.82, 2.24) is 9.62 Å². The third kappa shape index (κ3) is 5.02. The maximum Gasteiger partial charge on any atom is 0.216 e. The first-order valence-electron chi connectivity index (χ1n) is 7.17. The van der Waals surface area contributed by atoms with Gasteiger partial charge in [-0.15, -0.1) is 0 Å². The van der Waals surface area contributed by atoms with Crippen LogP contribution in [0, 0.1) is 0 Å². The van der Waals surface area contributed by atoms with E-state index in [9.17, 15) is 8.42 Å². The van der Waals surface area contributed by atoms with E-state index in [1.165, 1.54) is 0 Å². The number of ether oxygens (including phenoxy) is 1. The van der Waals surface area contributed by atoms with Crippen LogP contribution >= 0.6 is 0 Å². The second-order valence-electron chi connectivity index (χ2n) is 5.49. The van der Waals surface area contributed by atoms with Gasteiger partial charge in [-0.3, -0.25) is 0 Å². The smallest absolute Gasteiger partial charge is 0.216 e. The number of piperidine rings is 1. The molecule has 0 saturated carbocycles. The lowest BCUT2D eigenvalue weighted by atomic mass is 9.99. The SMILES string of the molecule is CNC(C)C1CCCCN1S(=O)(=O)CCOC(C)C. The number of hydrogen-bond acceptors (Lipinski definition) is 4. The molecule has 0 aromatic heterocycles. The normalized spacial score (nSPS) is 23.7. The third-order valence-electron chi connectivity index (χ3n) is 3.68. The number of rotatable bonds is 7. The summed E-state index contributed by atoms with van der Waals surface area (Å²) in [5.41, 5.74) is 0. The van der Waals surface area contributed by atoms with Crippen LogP contribution in [0.25, 0.3) is 0 Å². The summed E-state index contributed by atoms with van der Waals surface area (Å²) in [7, 11) is -1.33. The van der Waals surface area contributed by atoms with E-state index in [1.54, 1.807) is 4.31 Å². The molecular formula is C13H28N2O3S. The van der Waals surface area contributed by atoms with Crippen LogP contribution in [0.2, 0.25) is 0 Å². The molecule has 0 aromatic rings. The van der Waals surface area contributed by atoms with Gasteiger partial charge in [-0.05, 0) is 40.7 Å². The van der Waals surface area contributed by atoms with Crippen LogP contribution in [0.5, 0.6) is 0 Å². The quantitative estimate of drug-likeness (QED) is 0.766. The monoisotopic (exact) mass is 292 g/mol. The molecule has 0 amide bonds. The second kappa shape index (κ2) is 7.57. The van der Waals surface area contributed by atoms with Gasteiger partial charge in [0.2, 0.25) is 10.0 Å². The molecule has 1 aliphatic rings. The van der Waals surface area contributed by atoms with E-state index in [-0.39, 0.29) is 30.5 Å². The van der Waals surface area contributed by atoms with Crippen molar-refractivity contribution in [3.8, 4) is 0 Å². The summed E-state index contributed by atoms with van der Waals surface area (Å²) in [5.74, 6) is 0.0815. The lowest BCUT2D eigenvalue weighted by Gasteiger charge is -2.38. The Morgan fingerprint density at radius 1 is 1.32 bits per heavy atom. The first-order chi connectivity index (χ1) is 8.88. The fraction of sp³-hybridized carbons (Fsp3) is 1.00. The van der Waals surface area contributed by atoms with Crippen molar-refractivity contribution in [2.75, 3.05) is 26.0 Å². The van der Waals surface area contributed by atoms with Gasteiger partial charge in [0.15, 0.2) is 0 Å². The lowest BCUT2D eigenvalue weighted by molar-refractivity contribution is 0.0900. The van der Waals surface area contributed by atoms with Gasteiger partial charge >= 0.3 is 0 Å². The van der Waals surface area contributed by atoms with Crippen LogP contribution < -0.4 is 5.32 Å². The Kier molecular flexibility index (Phi) is 6.73. The van der Waals surface area contributed by atoms with Crippen LogP contribution in [0.15, 0.2) is 0 Å². The molecule has 114 valence electrons. The molecule has 0 aliphatic carbocycles. The highest BCUT2D eigenvalue weighted by Gasteiger charge is 2.34. The van der Waals surface area contributed by atoms with Gasteiger partial charge in [-0.1, -0.05) is 6.42 Å². The molecule has 5 nitrogen and oxygen atoms in total. The molecule has 0 spiro atoms. The molecule has 2 unspecified atom stereocenters. The van der Waals surface area contributed by atoms with Crippen LogP contribution in [0.4, 0.5) is 0 Å². The van der Waals surface area contributed by atoms with Gasteiger partial charge in [0.05, 0.1) is 18.5 Å². The first kappa shape index (κ1) is 16.9. The van der Waals surface area contributed by atoms with Crippen molar-refractivity contribution >= 4 is 10.0 Å². The molecule has 19 heavy (non-hydrogen) atoms. The maximum atomic E-state index is 12.4. The van der Waals surface area contributed by atoms with Crippen LogP contribution in [0.3, 0.4) is 0 Å².